The van der Waals surface area contributed by atoms with Crippen molar-refractivity contribution in [1.29, 1.82) is 0 Å². The van der Waals surface area contributed by atoms with Crippen LogP contribution in [-0.4, -0.2) is 28.9 Å². The Hall–Kier alpha value is -1.81. The van der Waals surface area contributed by atoms with Gasteiger partial charge in [0.2, 0.25) is 0 Å². The first-order chi connectivity index (χ1) is 10.3. The van der Waals surface area contributed by atoms with Crippen LogP contribution >= 0.6 is 11.8 Å². The number of hydrogen-bond donors (Lipinski definition) is 0. The van der Waals surface area contributed by atoms with Crippen LogP contribution in [0.2, 0.25) is 0 Å². The van der Waals surface area contributed by atoms with Crippen LogP contribution in [0.5, 0.6) is 0 Å². The number of thioether (sulfide) groups is 1. The number of hydrogen-bond acceptors (Lipinski definition) is 3. The van der Waals surface area contributed by atoms with Crippen LogP contribution in [0.15, 0.2) is 53.7 Å². The van der Waals surface area contributed by atoms with Crippen LogP contribution in [0.3, 0.4) is 0 Å². The van der Waals surface area contributed by atoms with Crippen molar-refractivity contribution >= 4 is 17.7 Å². The molecule has 2 aromatic rings. The van der Waals surface area contributed by atoms with E-state index in [4.69, 9.17) is 0 Å². The second-order valence-electron chi connectivity index (χ2n) is 5.16. The maximum atomic E-state index is 12.2. The number of rotatable bonds is 4. The highest BCUT2D eigenvalue weighted by Crippen LogP contribution is 2.21. The first-order valence-electron chi connectivity index (χ1n) is 7.25. The van der Waals surface area contributed by atoms with E-state index >= 15 is 0 Å². The average Bonchev–Trinajstić information content (AvgIpc) is 3.08. The summed E-state index contributed by atoms with van der Waals surface area (Å²) in [5.74, 6) is 1.01. The standard InChI is InChI=1S/C17H18N2OS/c20-17(19-10-4-5-11-19)15-8-9-16(18-12-15)21-13-14-6-2-1-3-7-14/h1-3,6-9,12H,4-5,10-11,13H2. The van der Waals surface area contributed by atoms with Crippen LogP contribution in [0.4, 0.5) is 0 Å². The molecule has 3 rings (SSSR count). The molecule has 4 heteroatoms. The highest BCUT2D eigenvalue weighted by atomic mass is 32.2. The topological polar surface area (TPSA) is 33.2 Å². The van der Waals surface area contributed by atoms with Crippen molar-refractivity contribution < 1.29 is 4.79 Å². The minimum absolute atomic E-state index is 0.111. The molecule has 0 bridgehead atoms. The van der Waals surface area contributed by atoms with Crippen molar-refractivity contribution in [2.45, 2.75) is 23.6 Å². The van der Waals surface area contributed by atoms with Crippen LogP contribution in [0, 0.1) is 0 Å². The lowest BCUT2D eigenvalue weighted by molar-refractivity contribution is 0.0792. The normalized spacial score (nSPS) is 14.4. The van der Waals surface area contributed by atoms with Crippen LogP contribution in [-0.2, 0) is 5.75 Å². The molecular formula is C17H18N2OS. The second kappa shape index (κ2) is 6.76. The quantitative estimate of drug-likeness (QED) is 0.808. The molecule has 0 aliphatic carbocycles. The molecule has 0 saturated carbocycles. The molecular weight excluding hydrogens is 280 g/mol. The summed E-state index contributed by atoms with van der Waals surface area (Å²) in [4.78, 5) is 18.5. The number of carbonyl (C=O) groups is 1. The number of likely N-dealkylation sites (tertiary alicyclic amines) is 1. The molecule has 1 amide bonds. The molecule has 21 heavy (non-hydrogen) atoms. The van der Waals surface area contributed by atoms with Crippen LogP contribution < -0.4 is 0 Å². The number of benzene rings is 1. The predicted octanol–water partition coefficient (Wildman–Crippen LogP) is 3.61. The van der Waals surface area contributed by atoms with E-state index in [1.54, 1.807) is 18.0 Å². The molecule has 108 valence electrons. The Bertz CT molecular complexity index is 592. The fraction of sp³-hybridized carbons (Fsp3) is 0.294. The van der Waals surface area contributed by atoms with E-state index in [0.29, 0.717) is 5.56 Å². The molecule has 3 nitrogen and oxygen atoms in total. The summed E-state index contributed by atoms with van der Waals surface area (Å²) in [5.41, 5.74) is 1.97. The number of aromatic nitrogens is 1. The van der Waals surface area contributed by atoms with Gasteiger partial charge in [-0.15, -0.1) is 11.8 Å². The predicted molar refractivity (Wildman–Crippen MR) is 85.4 cm³/mol. The molecule has 0 radical (unpaired) electrons. The maximum Gasteiger partial charge on any atom is 0.255 e. The van der Waals surface area contributed by atoms with Crippen LogP contribution in [0.1, 0.15) is 28.8 Å². The van der Waals surface area contributed by atoms with Crippen molar-refractivity contribution in [3.8, 4) is 0 Å². The first-order valence-corrected chi connectivity index (χ1v) is 8.23. The number of pyridine rings is 1. The molecule has 0 spiro atoms. The zero-order chi connectivity index (χ0) is 14.5. The fourth-order valence-electron chi connectivity index (χ4n) is 2.43. The Morgan fingerprint density at radius 1 is 1.10 bits per heavy atom. The molecule has 0 N–H and O–H groups in total. The highest BCUT2D eigenvalue weighted by molar-refractivity contribution is 7.98. The number of carbonyl (C=O) groups excluding carboxylic acids is 1. The lowest BCUT2D eigenvalue weighted by Gasteiger charge is -2.14. The van der Waals surface area contributed by atoms with Gasteiger partial charge in [0.1, 0.15) is 0 Å². The number of nitrogens with zero attached hydrogens (tertiary/aromatic N) is 2. The Kier molecular flexibility index (Phi) is 4.55. The summed E-state index contributed by atoms with van der Waals surface area (Å²) in [6.45, 7) is 1.76. The summed E-state index contributed by atoms with van der Waals surface area (Å²) in [6, 6.07) is 14.2. The van der Waals surface area contributed by atoms with Gasteiger partial charge in [-0.2, -0.15) is 0 Å². The summed E-state index contributed by atoms with van der Waals surface area (Å²) in [5, 5.41) is 0.955. The molecule has 1 saturated heterocycles. The molecule has 2 heterocycles. The van der Waals surface area contributed by atoms with E-state index in [2.05, 4.69) is 17.1 Å². The van der Waals surface area contributed by atoms with Gasteiger partial charge in [-0.3, -0.25) is 4.79 Å². The highest BCUT2D eigenvalue weighted by Gasteiger charge is 2.19. The van der Waals surface area contributed by atoms with Gasteiger partial charge in [0.25, 0.3) is 5.91 Å². The third-order valence-corrected chi connectivity index (χ3v) is 4.62. The number of amides is 1. The Labute approximate surface area is 129 Å². The summed E-state index contributed by atoms with van der Waals surface area (Å²) >= 11 is 1.69. The molecule has 1 aromatic heterocycles. The van der Waals surface area contributed by atoms with Crippen LogP contribution in [0.25, 0.3) is 0 Å². The van der Waals surface area contributed by atoms with Gasteiger partial charge >= 0.3 is 0 Å². The van der Waals surface area contributed by atoms with Crippen molar-refractivity contribution in [2.24, 2.45) is 0 Å². The molecule has 1 aromatic carbocycles. The summed E-state index contributed by atoms with van der Waals surface area (Å²) < 4.78 is 0. The van der Waals surface area contributed by atoms with E-state index in [0.717, 1.165) is 36.7 Å². The van der Waals surface area contributed by atoms with Crippen molar-refractivity contribution in [3.63, 3.8) is 0 Å². The van der Waals surface area contributed by atoms with Crippen molar-refractivity contribution in [2.75, 3.05) is 13.1 Å². The van der Waals surface area contributed by atoms with Gasteiger partial charge in [0, 0.05) is 25.0 Å². The van der Waals surface area contributed by atoms with E-state index in [9.17, 15) is 4.79 Å². The third kappa shape index (κ3) is 3.64. The first kappa shape index (κ1) is 14.1. The lowest BCUT2D eigenvalue weighted by Crippen LogP contribution is -2.27. The Morgan fingerprint density at radius 3 is 2.52 bits per heavy atom. The molecule has 1 aliphatic heterocycles. The Balaban J connectivity index is 1.60. The molecule has 0 atom stereocenters. The zero-order valence-corrected chi connectivity index (χ0v) is 12.7. The van der Waals surface area contributed by atoms with Crippen molar-refractivity contribution in [1.82, 2.24) is 9.88 Å². The summed E-state index contributed by atoms with van der Waals surface area (Å²) in [7, 11) is 0. The zero-order valence-electron chi connectivity index (χ0n) is 11.9. The lowest BCUT2D eigenvalue weighted by atomic mass is 10.2. The van der Waals surface area contributed by atoms with E-state index in [1.165, 1.54) is 5.56 Å². The van der Waals surface area contributed by atoms with E-state index < -0.39 is 0 Å². The third-order valence-electron chi connectivity index (χ3n) is 3.61. The largest absolute Gasteiger partial charge is 0.339 e. The van der Waals surface area contributed by atoms with Gasteiger partial charge < -0.3 is 4.90 Å². The molecule has 0 unspecified atom stereocenters. The average molecular weight is 298 g/mol. The van der Waals surface area contributed by atoms with E-state index in [-0.39, 0.29) is 5.91 Å². The minimum atomic E-state index is 0.111. The van der Waals surface area contributed by atoms with Gasteiger partial charge in [-0.05, 0) is 30.5 Å². The van der Waals surface area contributed by atoms with Crippen molar-refractivity contribution in [3.05, 3.63) is 59.8 Å². The maximum absolute atomic E-state index is 12.2. The van der Waals surface area contributed by atoms with Gasteiger partial charge in [-0.1, -0.05) is 30.3 Å². The minimum Gasteiger partial charge on any atom is -0.339 e. The smallest absolute Gasteiger partial charge is 0.255 e. The second-order valence-corrected chi connectivity index (χ2v) is 6.15. The van der Waals surface area contributed by atoms with Gasteiger partial charge in [-0.25, -0.2) is 4.98 Å². The Morgan fingerprint density at radius 2 is 1.86 bits per heavy atom. The fourth-order valence-corrected chi connectivity index (χ4v) is 3.22. The molecule has 1 fully saturated rings. The van der Waals surface area contributed by atoms with E-state index in [1.807, 2.05) is 35.2 Å². The molecule has 1 aliphatic rings. The van der Waals surface area contributed by atoms with Gasteiger partial charge in [0.05, 0.1) is 10.6 Å². The monoisotopic (exact) mass is 298 g/mol. The van der Waals surface area contributed by atoms with Gasteiger partial charge in [0.15, 0.2) is 0 Å². The SMILES string of the molecule is O=C(c1ccc(SCc2ccccc2)nc1)N1CCCC1. The summed E-state index contributed by atoms with van der Waals surface area (Å²) in [6.07, 6.45) is 3.93.